The summed E-state index contributed by atoms with van der Waals surface area (Å²) >= 11 is 4.84. The van der Waals surface area contributed by atoms with E-state index < -0.39 is 11.6 Å². The quantitative estimate of drug-likeness (QED) is 0.675. The Morgan fingerprint density at radius 2 is 2.15 bits per heavy atom. The fraction of sp³-hybridized carbons (Fsp3) is 0.750. The number of thiocarbonyl (C=S) groups is 1. The number of hydrogen-bond donors (Lipinski definition) is 2. The molecule has 0 aromatic carbocycles. The SMILES string of the molecule is CCOC(=O)NC(C)(CC)C(N)=S. The molecule has 13 heavy (non-hydrogen) atoms. The van der Waals surface area contributed by atoms with Crippen molar-refractivity contribution in [2.24, 2.45) is 5.73 Å². The van der Waals surface area contributed by atoms with Gasteiger partial charge in [0, 0.05) is 0 Å². The summed E-state index contributed by atoms with van der Waals surface area (Å²) in [6.07, 6.45) is 0.154. The molecule has 0 saturated carbocycles. The van der Waals surface area contributed by atoms with Gasteiger partial charge in [0.15, 0.2) is 0 Å². The van der Waals surface area contributed by atoms with Gasteiger partial charge >= 0.3 is 6.09 Å². The van der Waals surface area contributed by atoms with Crippen LogP contribution in [-0.4, -0.2) is 23.2 Å². The lowest BCUT2D eigenvalue weighted by molar-refractivity contribution is 0.145. The highest BCUT2D eigenvalue weighted by molar-refractivity contribution is 7.80. The molecule has 3 N–H and O–H groups in total. The van der Waals surface area contributed by atoms with Crippen LogP contribution in [0.4, 0.5) is 4.79 Å². The first-order valence-electron chi connectivity index (χ1n) is 4.21. The van der Waals surface area contributed by atoms with Crippen molar-refractivity contribution in [3.8, 4) is 0 Å². The molecule has 4 nitrogen and oxygen atoms in total. The lowest BCUT2D eigenvalue weighted by Crippen LogP contribution is -2.54. The van der Waals surface area contributed by atoms with E-state index in [2.05, 4.69) is 5.32 Å². The molecule has 0 aliphatic rings. The molecule has 0 aliphatic carbocycles. The van der Waals surface area contributed by atoms with Crippen molar-refractivity contribution in [2.75, 3.05) is 6.61 Å². The van der Waals surface area contributed by atoms with Crippen LogP contribution in [0, 0.1) is 0 Å². The van der Waals surface area contributed by atoms with E-state index in [0.29, 0.717) is 13.0 Å². The second kappa shape index (κ2) is 5.01. The Kier molecular flexibility index (Phi) is 4.69. The van der Waals surface area contributed by atoms with Crippen LogP contribution < -0.4 is 11.1 Å². The fourth-order valence-electron chi connectivity index (χ4n) is 0.717. The van der Waals surface area contributed by atoms with Crippen LogP contribution >= 0.6 is 12.2 Å². The first-order chi connectivity index (χ1) is 5.96. The van der Waals surface area contributed by atoms with Crippen molar-refractivity contribution in [2.45, 2.75) is 32.7 Å². The fourth-order valence-corrected chi connectivity index (χ4v) is 0.912. The van der Waals surface area contributed by atoms with Crippen molar-refractivity contribution in [3.63, 3.8) is 0 Å². The van der Waals surface area contributed by atoms with Crippen molar-refractivity contribution >= 4 is 23.3 Å². The van der Waals surface area contributed by atoms with E-state index in [1.165, 1.54) is 0 Å². The van der Waals surface area contributed by atoms with Crippen LogP contribution in [0.1, 0.15) is 27.2 Å². The highest BCUT2D eigenvalue weighted by Gasteiger charge is 2.27. The second-order valence-corrected chi connectivity index (χ2v) is 3.34. The first-order valence-corrected chi connectivity index (χ1v) is 4.62. The zero-order chi connectivity index (χ0) is 10.5. The molecule has 0 rings (SSSR count). The highest BCUT2D eigenvalue weighted by Crippen LogP contribution is 2.09. The molecule has 0 heterocycles. The molecule has 1 atom stereocenters. The number of carbonyl (C=O) groups is 1. The molecule has 0 radical (unpaired) electrons. The third-order valence-electron chi connectivity index (χ3n) is 1.90. The van der Waals surface area contributed by atoms with Crippen molar-refractivity contribution in [1.82, 2.24) is 5.32 Å². The molecule has 5 heteroatoms. The Hall–Kier alpha value is -0.840. The summed E-state index contributed by atoms with van der Waals surface area (Å²) in [5, 5.41) is 2.62. The standard InChI is InChI=1S/C8H16N2O2S/c1-4-8(3,6(9)13)10-7(11)12-5-2/h4-5H2,1-3H3,(H2,9,13)(H,10,11). The monoisotopic (exact) mass is 204 g/mol. The largest absolute Gasteiger partial charge is 0.450 e. The zero-order valence-electron chi connectivity index (χ0n) is 8.22. The maximum absolute atomic E-state index is 11.1. The summed E-state index contributed by atoms with van der Waals surface area (Å²) in [6, 6.07) is 0. The summed E-state index contributed by atoms with van der Waals surface area (Å²) in [5.41, 5.74) is 4.84. The first kappa shape index (κ1) is 12.2. The number of alkyl carbamates (subject to hydrolysis) is 1. The number of hydrogen-bond acceptors (Lipinski definition) is 3. The van der Waals surface area contributed by atoms with Gasteiger partial charge in [0.1, 0.15) is 0 Å². The van der Waals surface area contributed by atoms with Crippen LogP contribution in [0.5, 0.6) is 0 Å². The summed E-state index contributed by atoms with van der Waals surface area (Å²) < 4.78 is 4.72. The van der Waals surface area contributed by atoms with Gasteiger partial charge in [-0.25, -0.2) is 4.79 Å². The summed E-state index contributed by atoms with van der Waals surface area (Å²) in [4.78, 5) is 11.3. The van der Waals surface area contributed by atoms with Crippen LogP contribution in [0.3, 0.4) is 0 Å². The Balaban J connectivity index is 4.27. The van der Waals surface area contributed by atoms with Gasteiger partial charge in [0.05, 0.1) is 17.1 Å². The lowest BCUT2D eigenvalue weighted by Gasteiger charge is -2.27. The molecule has 0 aromatic heterocycles. The molecule has 0 saturated heterocycles. The Morgan fingerprint density at radius 3 is 2.46 bits per heavy atom. The van der Waals surface area contributed by atoms with E-state index in [1.54, 1.807) is 13.8 Å². The van der Waals surface area contributed by atoms with Crippen molar-refractivity contribution in [3.05, 3.63) is 0 Å². The van der Waals surface area contributed by atoms with Gasteiger partial charge in [-0.15, -0.1) is 0 Å². The van der Waals surface area contributed by atoms with Crippen LogP contribution in [-0.2, 0) is 4.74 Å². The van der Waals surface area contributed by atoms with E-state index in [0.717, 1.165) is 0 Å². The summed E-state index contributed by atoms with van der Waals surface area (Å²) in [7, 11) is 0. The summed E-state index contributed by atoms with van der Waals surface area (Å²) in [6.45, 7) is 5.74. The molecule has 76 valence electrons. The molecule has 0 fully saturated rings. The van der Waals surface area contributed by atoms with E-state index in [1.807, 2.05) is 6.92 Å². The zero-order valence-corrected chi connectivity index (χ0v) is 9.03. The Labute approximate surface area is 83.8 Å². The average molecular weight is 204 g/mol. The van der Waals surface area contributed by atoms with Gasteiger partial charge < -0.3 is 15.8 Å². The van der Waals surface area contributed by atoms with Gasteiger partial charge in [-0.1, -0.05) is 19.1 Å². The number of rotatable bonds is 4. The van der Waals surface area contributed by atoms with E-state index in [4.69, 9.17) is 22.7 Å². The Morgan fingerprint density at radius 1 is 1.62 bits per heavy atom. The topological polar surface area (TPSA) is 64.3 Å². The molecule has 1 unspecified atom stereocenters. The normalized spacial score (nSPS) is 14.4. The lowest BCUT2D eigenvalue weighted by atomic mass is 10.00. The minimum atomic E-state index is -0.651. The van der Waals surface area contributed by atoms with Crippen LogP contribution in [0.15, 0.2) is 0 Å². The number of ether oxygens (including phenoxy) is 1. The number of nitrogens with one attached hydrogen (secondary N) is 1. The van der Waals surface area contributed by atoms with E-state index in [9.17, 15) is 4.79 Å². The minimum Gasteiger partial charge on any atom is -0.450 e. The molecular weight excluding hydrogens is 188 g/mol. The molecule has 0 bridgehead atoms. The van der Waals surface area contributed by atoms with Gasteiger partial charge in [0.25, 0.3) is 0 Å². The molecule has 0 aromatic rings. The van der Waals surface area contributed by atoms with Crippen molar-refractivity contribution < 1.29 is 9.53 Å². The Bertz CT molecular complexity index is 208. The maximum atomic E-state index is 11.1. The predicted molar refractivity (Wildman–Crippen MR) is 55.6 cm³/mol. The van der Waals surface area contributed by atoms with Gasteiger partial charge in [-0.3, -0.25) is 0 Å². The maximum Gasteiger partial charge on any atom is 0.407 e. The number of amides is 1. The van der Waals surface area contributed by atoms with Gasteiger partial charge in [-0.05, 0) is 20.3 Å². The molecule has 0 aliphatic heterocycles. The van der Waals surface area contributed by atoms with Gasteiger partial charge in [0.2, 0.25) is 0 Å². The highest BCUT2D eigenvalue weighted by atomic mass is 32.1. The minimum absolute atomic E-state index is 0.267. The van der Waals surface area contributed by atoms with Crippen molar-refractivity contribution in [1.29, 1.82) is 0 Å². The third-order valence-corrected chi connectivity index (χ3v) is 2.35. The van der Waals surface area contributed by atoms with Crippen LogP contribution in [0.2, 0.25) is 0 Å². The third kappa shape index (κ3) is 3.59. The van der Waals surface area contributed by atoms with Crippen LogP contribution in [0.25, 0.3) is 0 Å². The van der Waals surface area contributed by atoms with Gasteiger partial charge in [-0.2, -0.15) is 0 Å². The molecule has 1 amide bonds. The predicted octanol–water partition coefficient (Wildman–Crippen LogP) is 1.19. The number of nitrogens with two attached hydrogens (primary N) is 1. The number of carbonyl (C=O) groups excluding carboxylic acids is 1. The smallest absolute Gasteiger partial charge is 0.407 e. The summed E-state index contributed by atoms with van der Waals surface area (Å²) in [5.74, 6) is 0. The van der Waals surface area contributed by atoms with E-state index in [-0.39, 0.29) is 4.99 Å². The molecular formula is C8H16N2O2S. The molecule has 0 spiro atoms. The van der Waals surface area contributed by atoms with E-state index >= 15 is 0 Å². The second-order valence-electron chi connectivity index (χ2n) is 2.90. The average Bonchev–Trinajstić information content (AvgIpc) is 2.04.